The van der Waals surface area contributed by atoms with E-state index in [1.54, 1.807) is 44.2 Å². The van der Waals surface area contributed by atoms with Gasteiger partial charge >= 0.3 is 0 Å². The Kier molecular flexibility index (Phi) is 5.64. The van der Waals surface area contributed by atoms with Crippen molar-refractivity contribution in [2.24, 2.45) is 11.1 Å². The van der Waals surface area contributed by atoms with E-state index < -0.39 is 34.6 Å². The van der Waals surface area contributed by atoms with Crippen molar-refractivity contribution in [1.29, 1.82) is 5.26 Å². The molecular formula is C19H22N4O4. The SMILES string of the molecule is CC(C)(CCC(=O)NC1(C#N)CC(=O)N(c2ccccc2)C(=O)C1)C(N)=O. The Morgan fingerprint density at radius 3 is 2.26 bits per heavy atom. The molecule has 0 aliphatic carbocycles. The van der Waals surface area contributed by atoms with Crippen LogP contribution < -0.4 is 16.0 Å². The molecule has 1 aliphatic heterocycles. The van der Waals surface area contributed by atoms with Gasteiger partial charge in [0.25, 0.3) is 0 Å². The predicted molar refractivity (Wildman–Crippen MR) is 96.9 cm³/mol. The predicted octanol–water partition coefficient (Wildman–Crippen LogP) is 1.01. The lowest BCUT2D eigenvalue weighted by molar-refractivity contribution is -0.132. The zero-order chi connectivity index (χ0) is 20.2. The Morgan fingerprint density at radius 1 is 1.22 bits per heavy atom. The second-order valence-electron chi connectivity index (χ2n) is 7.30. The number of hydrogen-bond acceptors (Lipinski definition) is 5. The first-order valence-corrected chi connectivity index (χ1v) is 8.53. The first-order chi connectivity index (χ1) is 12.6. The molecule has 1 fully saturated rings. The number of nitrogens with one attached hydrogen (secondary N) is 1. The van der Waals surface area contributed by atoms with Gasteiger partial charge in [-0.05, 0) is 18.6 Å². The van der Waals surface area contributed by atoms with E-state index in [0.29, 0.717) is 5.69 Å². The standard InChI is InChI=1S/C19H22N4O4/c1-18(2,17(21)27)9-8-14(24)22-19(12-20)10-15(25)23(16(26)11-19)13-6-4-3-5-7-13/h3-7H,8-11H2,1-2H3,(H2,21,27)(H,22,24). The van der Waals surface area contributed by atoms with Crippen LogP contribution in [-0.4, -0.2) is 29.2 Å². The molecule has 8 heteroatoms. The van der Waals surface area contributed by atoms with Gasteiger partial charge in [-0.1, -0.05) is 32.0 Å². The van der Waals surface area contributed by atoms with Crippen molar-refractivity contribution in [3.63, 3.8) is 0 Å². The quantitative estimate of drug-likeness (QED) is 0.721. The highest BCUT2D eigenvalue weighted by atomic mass is 16.2. The van der Waals surface area contributed by atoms with Gasteiger partial charge in [0, 0.05) is 11.8 Å². The van der Waals surface area contributed by atoms with Crippen LogP contribution in [0.1, 0.15) is 39.5 Å². The molecule has 1 heterocycles. The van der Waals surface area contributed by atoms with Crippen LogP contribution in [0.2, 0.25) is 0 Å². The summed E-state index contributed by atoms with van der Waals surface area (Å²) in [6, 6.07) is 10.3. The number of anilines is 1. The maximum atomic E-state index is 12.5. The van der Waals surface area contributed by atoms with Crippen LogP contribution in [0.3, 0.4) is 0 Å². The molecule has 27 heavy (non-hydrogen) atoms. The van der Waals surface area contributed by atoms with E-state index in [9.17, 15) is 24.4 Å². The summed E-state index contributed by atoms with van der Waals surface area (Å²) >= 11 is 0. The zero-order valence-corrected chi connectivity index (χ0v) is 15.3. The smallest absolute Gasteiger partial charge is 0.237 e. The van der Waals surface area contributed by atoms with E-state index in [0.717, 1.165) is 4.90 Å². The minimum absolute atomic E-state index is 0.0514. The van der Waals surface area contributed by atoms with Crippen molar-refractivity contribution >= 4 is 29.3 Å². The first-order valence-electron chi connectivity index (χ1n) is 8.53. The molecule has 0 saturated carbocycles. The molecule has 1 aliphatic rings. The summed E-state index contributed by atoms with van der Waals surface area (Å²) in [7, 11) is 0. The van der Waals surface area contributed by atoms with Gasteiger partial charge in [0.2, 0.25) is 23.6 Å². The average molecular weight is 370 g/mol. The monoisotopic (exact) mass is 370 g/mol. The summed E-state index contributed by atoms with van der Waals surface area (Å²) in [5.41, 5.74) is 3.24. The minimum Gasteiger partial charge on any atom is -0.369 e. The number of primary amides is 1. The van der Waals surface area contributed by atoms with Gasteiger partial charge in [0.1, 0.15) is 5.54 Å². The lowest BCUT2D eigenvalue weighted by atomic mass is 9.85. The third kappa shape index (κ3) is 4.50. The van der Waals surface area contributed by atoms with Gasteiger partial charge in [-0.25, -0.2) is 0 Å². The number of imide groups is 1. The van der Waals surface area contributed by atoms with Crippen molar-refractivity contribution in [1.82, 2.24) is 5.32 Å². The number of para-hydroxylation sites is 1. The molecule has 1 aromatic carbocycles. The fourth-order valence-electron chi connectivity index (χ4n) is 2.82. The molecule has 0 bridgehead atoms. The molecule has 0 spiro atoms. The van der Waals surface area contributed by atoms with E-state index >= 15 is 0 Å². The van der Waals surface area contributed by atoms with Gasteiger partial charge in [-0.2, -0.15) is 5.26 Å². The van der Waals surface area contributed by atoms with Crippen molar-refractivity contribution in [2.45, 2.75) is 45.1 Å². The largest absolute Gasteiger partial charge is 0.369 e. The summed E-state index contributed by atoms with van der Waals surface area (Å²) in [5.74, 6) is -2.17. The van der Waals surface area contributed by atoms with E-state index in [2.05, 4.69) is 5.32 Å². The second-order valence-corrected chi connectivity index (χ2v) is 7.30. The summed E-state index contributed by atoms with van der Waals surface area (Å²) in [6.45, 7) is 3.24. The maximum absolute atomic E-state index is 12.5. The number of benzene rings is 1. The van der Waals surface area contributed by atoms with Crippen molar-refractivity contribution in [3.8, 4) is 6.07 Å². The highest BCUT2D eigenvalue weighted by Gasteiger charge is 2.45. The van der Waals surface area contributed by atoms with E-state index in [1.807, 2.05) is 6.07 Å². The number of nitrogens with two attached hydrogens (primary N) is 1. The number of nitriles is 1. The van der Waals surface area contributed by atoms with Crippen LogP contribution in [0.5, 0.6) is 0 Å². The Labute approximate surface area is 157 Å². The number of rotatable bonds is 6. The molecule has 0 radical (unpaired) electrons. The molecule has 1 saturated heterocycles. The van der Waals surface area contributed by atoms with Gasteiger partial charge in [-0.3, -0.25) is 24.1 Å². The third-order valence-electron chi connectivity index (χ3n) is 4.66. The highest BCUT2D eigenvalue weighted by molar-refractivity contribution is 6.18. The zero-order valence-electron chi connectivity index (χ0n) is 15.3. The topological polar surface area (TPSA) is 133 Å². The lowest BCUT2D eigenvalue weighted by Gasteiger charge is -2.35. The van der Waals surface area contributed by atoms with Crippen LogP contribution in [0.15, 0.2) is 30.3 Å². The van der Waals surface area contributed by atoms with Gasteiger partial charge < -0.3 is 11.1 Å². The van der Waals surface area contributed by atoms with E-state index in [1.165, 1.54) is 0 Å². The fraction of sp³-hybridized carbons (Fsp3) is 0.421. The van der Waals surface area contributed by atoms with Crippen molar-refractivity contribution in [3.05, 3.63) is 30.3 Å². The molecule has 1 aromatic rings. The van der Waals surface area contributed by atoms with Crippen LogP contribution in [0.25, 0.3) is 0 Å². The number of hydrogen-bond donors (Lipinski definition) is 2. The molecule has 4 amide bonds. The van der Waals surface area contributed by atoms with Gasteiger partial charge in [0.15, 0.2) is 0 Å². The number of carbonyl (C=O) groups excluding carboxylic acids is 4. The van der Waals surface area contributed by atoms with Crippen LogP contribution in [0.4, 0.5) is 5.69 Å². The second kappa shape index (κ2) is 7.58. The Balaban J connectivity index is 2.09. The van der Waals surface area contributed by atoms with Crippen LogP contribution in [-0.2, 0) is 19.2 Å². The third-order valence-corrected chi connectivity index (χ3v) is 4.66. The molecule has 0 aromatic heterocycles. The maximum Gasteiger partial charge on any atom is 0.237 e. The average Bonchev–Trinajstić information content (AvgIpc) is 2.60. The van der Waals surface area contributed by atoms with Gasteiger partial charge in [0.05, 0.1) is 24.6 Å². The van der Waals surface area contributed by atoms with Gasteiger partial charge in [-0.15, -0.1) is 0 Å². The first kappa shape index (κ1) is 20.1. The Morgan fingerprint density at radius 2 is 1.78 bits per heavy atom. The summed E-state index contributed by atoms with van der Waals surface area (Å²) in [5, 5.41) is 12.0. The van der Waals surface area contributed by atoms with Crippen LogP contribution in [0, 0.1) is 16.7 Å². The van der Waals surface area contributed by atoms with Crippen molar-refractivity contribution < 1.29 is 19.2 Å². The summed E-state index contributed by atoms with van der Waals surface area (Å²) < 4.78 is 0. The molecule has 0 atom stereocenters. The number of nitrogens with zero attached hydrogens (tertiary/aromatic N) is 2. The highest BCUT2D eigenvalue weighted by Crippen LogP contribution is 2.29. The van der Waals surface area contributed by atoms with Crippen LogP contribution >= 0.6 is 0 Å². The van der Waals surface area contributed by atoms with Crippen molar-refractivity contribution in [2.75, 3.05) is 4.90 Å². The normalized spacial score (nSPS) is 16.6. The summed E-state index contributed by atoms with van der Waals surface area (Å²) in [4.78, 5) is 49.6. The Hall–Kier alpha value is -3.21. The lowest BCUT2D eigenvalue weighted by Crippen LogP contribution is -2.59. The molecule has 142 valence electrons. The number of amides is 4. The number of carbonyl (C=O) groups is 4. The summed E-state index contributed by atoms with van der Waals surface area (Å²) in [6.07, 6.45) is -0.484. The van der Waals surface area contributed by atoms with E-state index in [-0.39, 0.29) is 25.7 Å². The minimum atomic E-state index is -1.59. The molecule has 2 rings (SSSR count). The molecule has 0 unspecified atom stereocenters. The molecule has 8 nitrogen and oxygen atoms in total. The fourth-order valence-corrected chi connectivity index (χ4v) is 2.82. The molecular weight excluding hydrogens is 348 g/mol. The Bertz CT molecular complexity index is 793. The number of piperidine rings is 1. The van der Waals surface area contributed by atoms with E-state index in [4.69, 9.17) is 5.73 Å². The molecule has 3 N–H and O–H groups in total.